The van der Waals surface area contributed by atoms with Crippen molar-refractivity contribution in [2.75, 3.05) is 13.2 Å². The molecule has 1 atom stereocenters. The second-order valence-electron chi connectivity index (χ2n) is 3.25. The summed E-state index contributed by atoms with van der Waals surface area (Å²) in [6.07, 6.45) is 0. The largest absolute Gasteiger partial charge is 0.486 e. The summed E-state index contributed by atoms with van der Waals surface area (Å²) < 4.78 is 10.9. The van der Waals surface area contributed by atoms with Gasteiger partial charge >= 0.3 is 0 Å². The van der Waals surface area contributed by atoms with Crippen LogP contribution in [0.15, 0.2) is 12.1 Å². The van der Waals surface area contributed by atoms with E-state index in [1.54, 1.807) is 0 Å². The highest BCUT2D eigenvalue weighted by Gasteiger charge is 2.15. The van der Waals surface area contributed by atoms with Crippen LogP contribution in [-0.4, -0.2) is 13.2 Å². The van der Waals surface area contributed by atoms with Crippen molar-refractivity contribution < 1.29 is 9.47 Å². The Balaban J connectivity index is 2.45. The molecule has 3 nitrogen and oxygen atoms in total. The number of aryl methyl sites for hydroxylation is 1. The van der Waals surface area contributed by atoms with Crippen LogP contribution in [0.2, 0.25) is 0 Å². The number of rotatable bonds is 1. The molecule has 1 heterocycles. The normalized spacial score (nSPS) is 16.5. The Bertz CT molecular complexity index is 352. The molecule has 4 heteroatoms. The van der Waals surface area contributed by atoms with Crippen molar-refractivity contribution in [3.63, 3.8) is 0 Å². The van der Waals surface area contributed by atoms with Gasteiger partial charge in [0.2, 0.25) is 0 Å². The third-order valence-electron chi connectivity index (χ3n) is 2.23. The van der Waals surface area contributed by atoms with E-state index in [4.69, 9.17) is 15.2 Å². The highest BCUT2D eigenvalue weighted by molar-refractivity contribution is 9.09. The molecule has 0 radical (unpaired) electrons. The van der Waals surface area contributed by atoms with Crippen molar-refractivity contribution in [3.8, 4) is 11.5 Å². The zero-order valence-electron chi connectivity index (χ0n) is 7.92. The fraction of sp³-hybridized carbons (Fsp3) is 0.400. The van der Waals surface area contributed by atoms with Crippen LogP contribution in [0.3, 0.4) is 0 Å². The Labute approximate surface area is 91.3 Å². The van der Waals surface area contributed by atoms with Crippen molar-refractivity contribution in [3.05, 3.63) is 23.3 Å². The Kier molecular flexibility index (Phi) is 2.65. The molecule has 0 aliphatic carbocycles. The van der Waals surface area contributed by atoms with E-state index in [9.17, 15) is 0 Å². The SMILES string of the molecule is Cc1cc2c(cc1C(N)Br)OCCO2. The van der Waals surface area contributed by atoms with Crippen LogP contribution in [0, 0.1) is 6.92 Å². The molecular weight excluding hydrogens is 246 g/mol. The lowest BCUT2D eigenvalue weighted by atomic mass is 10.1. The van der Waals surface area contributed by atoms with Gasteiger partial charge in [-0.15, -0.1) is 0 Å². The molecule has 76 valence electrons. The summed E-state index contributed by atoms with van der Waals surface area (Å²) in [6, 6.07) is 3.90. The molecule has 1 aliphatic rings. The molecule has 1 aromatic carbocycles. The van der Waals surface area contributed by atoms with Crippen molar-refractivity contribution >= 4 is 15.9 Å². The van der Waals surface area contributed by atoms with Crippen molar-refractivity contribution in [2.45, 2.75) is 11.9 Å². The summed E-state index contributed by atoms with van der Waals surface area (Å²) in [4.78, 5) is -0.154. The van der Waals surface area contributed by atoms with E-state index in [0.717, 1.165) is 22.6 Å². The molecular formula is C10H12BrNO2. The van der Waals surface area contributed by atoms with Crippen LogP contribution in [0.25, 0.3) is 0 Å². The van der Waals surface area contributed by atoms with Gasteiger partial charge in [0.05, 0.1) is 4.95 Å². The minimum Gasteiger partial charge on any atom is -0.486 e. The number of ether oxygens (including phenoxy) is 2. The van der Waals surface area contributed by atoms with E-state index in [0.29, 0.717) is 13.2 Å². The van der Waals surface area contributed by atoms with Crippen LogP contribution in [-0.2, 0) is 0 Å². The maximum atomic E-state index is 5.77. The van der Waals surface area contributed by atoms with Gasteiger partial charge in [-0.25, -0.2) is 0 Å². The van der Waals surface area contributed by atoms with E-state index in [1.807, 2.05) is 19.1 Å². The Morgan fingerprint density at radius 2 is 1.86 bits per heavy atom. The average molecular weight is 258 g/mol. The molecule has 1 unspecified atom stereocenters. The summed E-state index contributed by atoms with van der Waals surface area (Å²) >= 11 is 3.34. The second kappa shape index (κ2) is 3.79. The zero-order valence-corrected chi connectivity index (χ0v) is 9.50. The first-order valence-electron chi connectivity index (χ1n) is 4.48. The molecule has 0 bridgehead atoms. The lowest BCUT2D eigenvalue weighted by Crippen LogP contribution is -2.16. The van der Waals surface area contributed by atoms with Gasteiger partial charge < -0.3 is 15.2 Å². The topological polar surface area (TPSA) is 44.5 Å². The standard InChI is InChI=1S/C10H12BrNO2/c1-6-4-8-9(14-3-2-13-8)5-7(6)10(11)12/h4-5,10H,2-3,12H2,1H3. The summed E-state index contributed by atoms with van der Waals surface area (Å²) in [7, 11) is 0. The van der Waals surface area contributed by atoms with Crippen LogP contribution in [0.5, 0.6) is 11.5 Å². The maximum absolute atomic E-state index is 5.77. The molecule has 0 saturated carbocycles. The minimum absolute atomic E-state index is 0.154. The molecule has 0 saturated heterocycles. The molecule has 14 heavy (non-hydrogen) atoms. The molecule has 2 N–H and O–H groups in total. The van der Waals surface area contributed by atoms with Crippen LogP contribution >= 0.6 is 15.9 Å². The van der Waals surface area contributed by atoms with E-state index in [2.05, 4.69) is 15.9 Å². The van der Waals surface area contributed by atoms with Gasteiger partial charge in [0.15, 0.2) is 11.5 Å². The summed E-state index contributed by atoms with van der Waals surface area (Å²) in [5.74, 6) is 1.59. The highest BCUT2D eigenvalue weighted by atomic mass is 79.9. The van der Waals surface area contributed by atoms with E-state index in [1.165, 1.54) is 0 Å². The van der Waals surface area contributed by atoms with Gasteiger partial charge in [-0.2, -0.15) is 0 Å². The molecule has 0 fully saturated rings. The van der Waals surface area contributed by atoms with E-state index >= 15 is 0 Å². The van der Waals surface area contributed by atoms with Gasteiger partial charge in [-0.3, -0.25) is 0 Å². The van der Waals surface area contributed by atoms with Crippen LogP contribution in [0.4, 0.5) is 0 Å². The third kappa shape index (κ3) is 1.72. The number of alkyl halides is 1. The van der Waals surface area contributed by atoms with E-state index in [-0.39, 0.29) is 4.95 Å². The average Bonchev–Trinajstić information content (AvgIpc) is 2.16. The monoisotopic (exact) mass is 257 g/mol. The zero-order chi connectivity index (χ0) is 10.1. The van der Waals surface area contributed by atoms with Crippen LogP contribution in [0.1, 0.15) is 16.1 Å². The van der Waals surface area contributed by atoms with Crippen LogP contribution < -0.4 is 15.2 Å². The predicted octanol–water partition coefficient (Wildman–Crippen LogP) is 2.12. The van der Waals surface area contributed by atoms with Gasteiger partial charge in [-0.05, 0) is 30.2 Å². The predicted molar refractivity (Wildman–Crippen MR) is 58.0 cm³/mol. The lowest BCUT2D eigenvalue weighted by molar-refractivity contribution is 0.171. The molecule has 0 spiro atoms. The van der Waals surface area contributed by atoms with Gasteiger partial charge in [0.1, 0.15) is 13.2 Å². The molecule has 0 amide bonds. The summed E-state index contributed by atoms with van der Waals surface area (Å²) in [5, 5.41) is 0. The number of nitrogens with two attached hydrogens (primary N) is 1. The minimum atomic E-state index is -0.154. The fourth-order valence-corrected chi connectivity index (χ4v) is 2.00. The van der Waals surface area contributed by atoms with E-state index < -0.39 is 0 Å². The lowest BCUT2D eigenvalue weighted by Gasteiger charge is -2.20. The van der Waals surface area contributed by atoms with Crippen molar-refractivity contribution in [1.29, 1.82) is 0 Å². The number of fused-ring (bicyclic) bond motifs is 1. The first kappa shape index (κ1) is 9.80. The molecule has 0 aromatic heterocycles. The Morgan fingerprint density at radius 1 is 1.29 bits per heavy atom. The maximum Gasteiger partial charge on any atom is 0.161 e. The number of hydrogen-bond acceptors (Lipinski definition) is 3. The number of halogens is 1. The smallest absolute Gasteiger partial charge is 0.161 e. The first-order valence-corrected chi connectivity index (χ1v) is 5.40. The van der Waals surface area contributed by atoms with Crippen molar-refractivity contribution in [1.82, 2.24) is 0 Å². The number of hydrogen-bond donors (Lipinski definition) is 1. The summed E-state index contributed by atoms with van der Waals surface area (Å²) in [6.45, 7) is 3.23. The third-order valence-corrected chi connectivity index (χ3v) is 2.72. The molecule has 1 aromatic rings. The van der Waals surface area contributed by atoms with Crippen molar-refractivity contribution in [2.24, 2.45) is 5.73 Å². The highest BCUT2D eigenvalue weighted by Crippen LogP contribution is 2.35. The van der Waals surface area contributed by atoms with Gasteiger partial charge in [0, 0.05) is 0 Å². The Hall–Kier alpha value is -0.740. The number of benzene rings is 1. The van der Waals surface area contributed by atoms with Gasteiger partial charge in [-0.1, -0.05) is 15.9 Å². The summed E-state index contributed by atoms with van der Waals surface area (Å²) in [5.41, 5.74) is 7.91. The fourth-order valence-electron chi connectivity index (χ4n) is 1.50. The first-order chi connectivity index (χ1) is 6.68. The molecule has 1 aliphatic heterocycles. The van der Waals surface area contributed by atoms with Gasteiger partial charge in [0.25, 0.3) is 0 Å². The quantitative estimate of drug-likeness (QED) is 0.619. The molecule has 2 rings (SSSR count). The second-order valence-corrected chi connectivity index (χ2v) is 4.24. The Morgan fingerprint density at radius 3 is 2.43 bits per heavy atom.